The number of nitrogens with two attached hydrogens (primary N) is 1. The minimum atomic E-state index is -4.57. The number of hydrogen-bond acceptors (Lipinski definition) is 9. The Morgan fingerprint density at radius 2 is 2.12 bits per heavy atom. The second-order valence-corrected chi connectivity index (χ2v) is 9.14. The van der Waals surface area contributed by atoms with E-state index in [2.05, 4.69) is 15.0 Å². The highest BCUT2D eigenvalue weighted by Gasteiger charge is 2.38. The van der Waals surface area contributed by atoms with Gasteiger partial charge in [-0.25, -0.2) is 9.36 Å². The largest absolute Gasteiger partial charge is 0.527 e. The molecule has 0 radical (unpaired) electrons. The molecule has 2 aromatic rings. The molecule has 5 atom stereocenters. The van der Waals surface area contributed by atoms with Crippen molar-refractivity contribution >= 4 is 7.82 Å². The Morgan fingerprint density at radius 1 is 1.41 bits per heavy atom. The van der Waals surface area contributed by atoms with Crippen LogP contribution in [-0.4, -0.2) is 51.0 Å². The number of aromatic nitrogens is 2. The molecule has 2 heterocycles. The lowest BCUT2D eigenvalue weighted by atomic mass is 10.1. The molecule has 0 aliphatic carbocycles. The van der Waals surface area contributed by atoms with E-state index in [0.29, 0.717) is 6.42 Å². The predicted molar refractivity (Wildman–Crippen MR) is 119 cm³/mol. The third kappa shape index (κ3) is 6.55. The van der Waals surface area contributed by atoms with Gasteiger partial charge in [0, 0.05) is 29.1 Å². The predicted octanol–water partition coefficient (Wildman–Crippen LogP) is 0.870. The molecule has 0 amide bonds. The number of aliphatic hydroxyl groups is 1. The van der Waals surface area contributed by atoms with Gasteiger partial charge in [0.1, 0.15) is 12.0 Å². The normalized spacial score (nSPS) is 22.5. The number of aryl methyl sites for hydroxylation is 1. The number of hydrogen-bond donors (Lipinski definition) is 4. The van der Waals surface area contributed by atoms with Crippen LogP contribution in [0.15, 0.2) is 45.2 Å². The van der Waals surface area contributed by atoms with E-state index in [0.717, 1.165) is 10.1 Å². The van der Waals surface area contributed by atoms with Crippen LogP contribution >= 0.6 is 7.82 Å². The van der Waals surface area contributed by atoms with Crippen molar-refractivity contribution in [2.75, 3.05) is 13.2 Å². The molecule has 1 aromatic carbocycles. The molecule has 1 aliphatic heterocycles. The minimum Gasteiger partial charge on any atom is -0.404 e. The van der Waals surface area contributed by atoms with Crippen LogP contribution in [0.5, 0.6) is 5.75 Å². The lowest BCUT2D eigenvalue weighted by Crippen LogP contribution is -2.33. The number of phosphoric acid groups is 1. The quantitative estimate of drug-likeness (QED) is 0.159. The number of phosphoric ester groups is 1. The van der Waals surface area contributed by atoms with Gasteiger partial charge in [0.25, 0.3) is 5.56 Å². The van der Waals surface area contributed by atoms with Crippen LogP contribution in [0.4, 0.5) is 0 Å². The summed E-state index contributed by atoms with van der Waals surface area (Å²) in [6.45, 7) is 0.881. The average molecular weight is 496 g/mol. The van der Waals surface area contributed by atoms with Gasteiger partial charge in [0.2, 0.25) is 0 Å². The van der Waals surface area contributed by atoms with Crippen molar-refractivity contribution < 1.29 is 28.3 Å². The zero-order valence-electron chi connectivity index (χ0n) is 18.2. The molecule has 1 aromatic heterocycles. The Balaban J connectivity index is 1.65. The van der Waals surface area contributed by atoms with Gasteiger partial charge in [-0.3, -0.25) is 23.8 Å². The third-order valence-corrected chi connectivity index (χ3v) is 6.06. The van der Waals surface area contributed by atoms with Crippen molar-refractivity contribution in [1.29, 1.82) is 0 Å². The average Bonchev–Trinajstić information content (AvgIpc) is 3.19. The highest BCUT2D eigenvalue weighted by Crippen LogP contribution is 2.45. The zero-order valence-corrected chi connectivity index (χ0v) is 19.1. The van der Waals surface area contributed by atoms with E-state index in [-0.39, 0.29) is 24.3 Å². The van der Waals surface area contributed by atoms with Gasteiger partial charge >= 0.3 is 13.5 Å². The van der Waals surface area contributed by atoms with Gasteiger partial charge in [-0.1, -0.05) is 17.2 Å². The van der Waals surface area contributed by atoms with Crippen molar-refractivity contribution in [2.45, 2.75) is 44.2 Å². The third-order valence-electron chi connectivity index (χ3n) is 5.14. The first-order valence-electron chi connectivity index (χ1n) is 10.3. The summed E-state index contributed by atoms with van der Waals surface area (Å²) >= 11 is 0. The lowest BCUT2D eigenvalue weighted by molar-refractivity contribution is -0.0263. The fraction of sp³-hybridized carbons (Fsp3) is 0.474. The van der Waals surface area contributed by atoms with E-state index < -0.39 is 50.1 Å². The molecule has 34 heavy (non-hydrogen) atoms. The van der Waals surface area contributed by atoms with E-state index in [1.165, 1.54) is 25.3 Å². The maximum absolute atomic E-state index is 12.4. The second-order valence-electron chi connectivity index (χ2n) is 7.76. The summed E-state index contributed by atoms with van der Waals surface area (Å²) in [7, 11) is -4.57. The maximum atomic E-state index is 12.4. The summed E-state index contributed by atoms with van der Waals surface area (Å²) in [6, 6.07) is 4.97. The fourth-order valence-corrected chi connectivity index (χ4v) is 4.18. The maximum Gasteiger partial charge on any atom is 0.527 e. The molecular weight excluding hydrogens is 471 g/mol. The number of rotatable bonds is 10. The van der Waals surface area contributed by atoms with E-state index in [4.69, 9.17) is 30.2 Å². The van der Waals surface area contributed by atoms with Crippen LogP contribution < -0.4 is 21.5 Å². The number of ether oxygens (including phenoxy) is 1. The molecule has 1 saturated heterocycles. The number of benzene rings is 1. The smallest absolute Gasteiger partial charge is 0.404 e. The fourth-order valence-electron chi connectivity index (χ4n) is 3.40. The first-order valence-corrected chi connectivity index (χ1v) is 11.8. The van der Waals surface area contributed by atoms with Crippen LogP contribution in [-0.2, 0) is 20.2 Å². The van der Waals surface area contributed by atoms with Crippen molar-refractivity contribution in [1.82, 2.24) is 9.55 Å². The Hall–Kier alpha value is -2.96. The standard InChI is InChI=1S/C19H25N6O8P/c1-11-8-25(19(28)22-18(11)27)17-7-15(23-24-21)16(32-17)10-31-34(29,30)33-14-4-2-12(3-5-14)6-13(20)9-26/h2-5,8,13,15-17,26H,6-7,9-10,20H2,1H3,(H,29,30)(H,22,27,28)/t13-,15?,16+,17+/m0/s1. The molecule has 1 aliphatic rings. The molecular formula is C19H25N6O8P. The van der Waals surface area contributed by atoms with Gasteiger partial charge in [0.15, 0.2) is 0 Å². The van der Waals surface area contributed by atoms with Crippen molar-refractivity contribution in [3.63, 3.8) is 0 Å². The summed E-state index contributed by atoms with van der Waals surface area (Å²) in [5, 5.41) is 12.6. The van der Waals surface area contributed by atoms with E-state index in [9.17, 15) is 19.0 Å². The lowest BCUT2D eigenvalue weighted by Gasteiger charge is -2.19. The molecule has 15 heteroatoms. The highest BCUT2D eigenvalue weighted by atomic mass is 31.2. The van der Waals surface area contributed by atoms with Crippen LogP contribution in [0.3, 0.4) is 0 Å². The van der Waals surface area contributed by atoms with Crippen LogP contribution in [0.1, 0.15) is 23.8 Å². The zero-order chi connectivity index (χ0) is 24.9. The molecule has 2 unspecified atom stereocenters. The first-order chi connectivity index (χ1) is 16.1. The number of aromatic amines is 1. The van der Waals surface area contributed by atoms with Crippen molar-refractivity contribution in [3.8, 4) is 5.75 Å². The first kappa shape index (κ1) is 25.7. The molecule has 3 rings (SSSR count). The number of nitrogens with one attached hydrogen (secondary N) is 1. The van der Waals surface area contributed by atoms with Gasteiger partial charge in [-0.05, 0) is 36.6 Å². The number of nitrogens with zero attached hydrogens (tertiary/aromatic N) is 4. The summed E-state index contributed by atoms with van der Waals surface area (Å²) < 4.78 is 29.4. The van der Waals surface area contributed by atoms with Crippen molar-refractivity contribution in [2.24, 2.45) is 10.8 Å². The molecule has 0 bridgehead atoms. The number of H-pyrrole nitrogens is 1. The second kappa shape index (κ2) is 11.0. The molecule has 14 nitrogen and oxygen atoms in total. The Bertz CT molecular complexity index is 1210. The topological polar surface area (TPSA) is 215 Å². The molecule has 5 N–H and O–H groups in total. The molecule has 0 saturated carbocycles. The van der Waals surface area contributed by atoms with E-state index in [1.807, 2.05) is 0 Å². The summed E-state index contributed by atoms with van der Waals surface area (Å²) in [4.78, 5) is 38.7. The Morgan fingerprint density at radius 3 is 2.76 bits per heavy atom. The summed E-state index contributed by atoms with van der Waals surface area (Å²) in [5.41, 5.74) is 14.4. The molecule has 0 spiro atoms. The summed E-state index contributed by atoms with van der Waals surface area (Å²) in [5.74, 6) is 0.0687. The highest BCUT2D eigenvalue weighted by molar-refractivity contribution is 7.47. The number of azide groups is 1. The SMILES string of the molecule is Cc1cn([C@H]2CC(N=[N+]=[N-])[C@@H](COP(=O)(O)Oc3ccc(C[C@H](N)CO)cc3)O2)c(=O)[nH]c1=O. The van der Waals surface area contributed by atoms with Crippen LogP contribution in [0, 0.1) is 6.92 Å². The van der Waals surface area contributed by atoms with Crippen LogP contribution in [0.25, 0.3) is 10.4 Å². The van der Waals surface area contributed by atoms with E-state index >= 15 is 0 Å². The van der Waals surface area contributed by atoms with Crippen molar-refractivity contribution in [3.05, 3.63) is 72.9 Å². The van der Waals surface area contributed by atoms with E-state index in [1.54, 1.807) is 12.1 Å². The Kier molecular flexibility index (Phi) is 8.28. The van der Waals surface area contributed by atoms with Gasteiger partial charge in [0.05, 0.1) is 25.4 Å². The monoisotopic (exact) mass is 496 g/mol. The molecule has 1 fully saturated rings. The van der Waals surface area contributed by atoms with Gasteiger partial charge in [-0.2, -0.15) is 0 Å². The van der Waals surface area contributed by atoms with Gasteiger partial charge < -0.3 is 20.1 Å². The van der Waals surface area contributed by atoms with Crippen LogP contribution in [0.2, 0.25) is 0 Å². The summed E-state index contributed by atoms with van der Waals surface area (Å²) in [6.07, 6.45) is -0.0183. The van der Waals surface area contributed by atoms with Gasteiger partial charge in [-0.15, -0.1) is 0 Å². The number of aliphatic hydroxyl groups excluding tert-OH is 1. The Labute approximate surface area is 193 Å². The molecule has 184 valence electrons. The minimum absolute atomic E-state index is 0.0687.